The van der Waals surface area contributed by atoms with Gasteiger partial charge in [0.05, 0.1) is 0 Å². The topological polar surface area (TPSA) is 0 Å². The van der Waals surface area contributed by atoms with Crippen molar-refractivity contribution in [1.29, 1.82) is 0 Å². The number of rotatable bonds is 2. The van der Waals surface area contributed by atoms with Crippen molar-refractivity contribution in [2.75, 3.05) is 6.26 Å². The summed E-state index contributed by atoms with van der Waals surface area (Å²) >= 11 is 5.69. The molecular weight excluding hydrogens is 360 g/mol. The molecule has 1 aliphatic heterocycles. The van der Waals surface area contributed by atoms with Gasteiger partial charge < -0.3 is 0 Å². The average Bonchev–Trinajstić information content (AvgIpc) is 2.56. The van der Waals surface area contributed by atoms with Gasteiger partial charge >= 0.3 is 0 Å². The summed E-state index contributed by atoms with van der Waals surface area (Å²) in [5, 5.41) is 0. The summed E-state index contributed by atoms with van der Waals surface area (Å²) in [6, 6.07) is 21.2. The Morgan fingerprint density at radius 3 is 1.95 bits per heavy atom. The Hall–Kier alpha value is -1.03. The Bertz CT molecular complexity index is 728. The quantitative estimate of drug-likeness (QED) is 0.564. The van der Waals surface area contributed by atoms with E-state index in [0.717, 1.165) is 0 Å². The molecule has 21 heavy (non-hydrogen) atoms. The molecule has 1 heterocycles. The molecule has 0 saturated heterocycles. The highest BCUT2D eigenvalue weighted by Crippen LogP contribution is 2.47. The summed E-state index contributed by atoms with van der Waals surface area (Å²) < 4.78 is 1.37. The fraction of sp³-hybridized carbons (Fsp3) is 0.0556. The van der Waals surface area contributed by atoms with Gasteiger partial charge in [0.25, 0.3) is 0 Å². The molecule has 1 atom stereocenters. The normalized spacial score (nSPS) is 18.2. The minimum absolute atomic E-state index is 0.0344. The minimum atomic E-state index is -0.0344. The number of halogens is 1. The molecule has 0 aromatic heterocycles. The van der Waals surface area contributed by atoms with Gasteiger partial charge in [-0.25, -0.2) is 0 Å². The fourth-order valence-corrected chi connectivity index (χ4v) is 6.67. The summed E-state index contributed by atoms with van der Waals surface area (Å²) in [5.74, 6) is 0. The van der Waals surface area contributed by atoms with Gasteiger partial charge in [-0.2, -0.15) is 0 Å². The number of hydrogen-bond acceptors (Lipinski definition) is 1. The van der Waals surface area contributed by atoms with Crippen LogP contribution in [-0.2, 0) is 0 Å². The molecule has 3 rings (SSSR count). The van der Waals surface area contributed by atoms with E-state index >= 15 is 0 Å². The lowest BCUT2D eigenvalue weighted by Gasteiger charge is -2.18. The third-order valence-electron chi connectivity index (χ3n) is 3.30. The predicted molar refractivity (Wildman–Crippen MR) is 104 cm³/mol. The van der Waals surface area contributed by atoms with Crippen molar-refractivity contribution in [1.82, 2.24) is 0 Å². The Morgan fingerprint density at radius 2 is 1.38 bits per heavy atom. The zero-order valence-corrected chi connectivity index (χ0v) is 14.8. The van der Waals surface area contributed by atoms with Gasteiger partial charge in [0.1, 0.15) is 0 Å². The van der Waals surface area contributed by atoms with Gasteiger partial charge in [0.2, 0.25) is 0 Å². The lowest BCUT2D eigenvalue weighted by Crippen LogP contribution is -1.96. The molecule has 1 unspecified atom stereocenters. The van der Waals surface area contributed by atoms with Crippen LogP contribution in [0.25, 0.3) is 10.5 Å². The molecule has 0 nitrogen and oxygen atoms in total. The number of hydrogen-bond donors (Lipinski definition) is 0. The summed E-state index contributed by atoms with van der Waals surface area (Å²) in [6.07, 6.45) is 6.75. The van der Waals surface area contributed by atoms with Crippen LogP contribution in [0, 0.1) is 0 Å². The van der Waals surface area contributed by atoms with Gasteiger partial charge in [-0.05, 0) is 49.9 Å². The van der Waals surface area contributed by atoms with E-state index in [0.29, 0.717) is 0 Å². The molecule has 0 saturated carbocycles. The van der Waals surface area contributed by atoms with Gasteiger partial charge in [0.15, 0.2) is 0 Å². The fourth-order valence-electron chi connectivity index (χ4n) is 2.24. The molecule has 0 spiro atoms. The van der Waals surface area contributed by atoms with Gasteiger partial charge in [-0.15, -0.1) is 11.8 Å². The van der Waals surface area contributed by atoms with Crippen molar-refractivity contribution in [2.45, 2.75) is 0 Å². The predicted octanol–water partition coefficient (Wildman–Crippen LogP) is 6.20. The van der Waals surface area contributed by atoms with Crippen molar-refractivity contribution < 1.29 is 0 Å². The largest absolute Gasteiger partial charge is 0.122 e. The van der Waals surface area contributed by atoms with Crippen LogP contribution in [-0.4, -0.2) is 10.5 Å². The lowest BCUT2D eigenvalue weighted by atomic mass is 10.0. The average molecular weight is 375 g/mol. The lowest BCUT2D eigenvalue weighted by molar-refractivity contribution is 1.62. The summed E-state index contributed by atoms with van der Waals surface area (Å²) in [7, 11) is -0.0344. The zero-order valence-electron chi connectivity index (χ0n) is 11.6. The second kappa shape index (κ2) is 6.82. The molecule has 0 amide bonds. The van der Waals surface area contributed by atoms with E-state index in [-0.39, 0.29) is 8.92 Å². The van der Waals surface area contributed by atoms with E-state index < -0.39 is 0 Å². The molecular formula is C18H15BrS2. The van der Waals surface area contributed by atoms with Crippen LogP contribution in [0.3, 0.4) is 0 Å². The third-order valence-corrected chi connectivity index (χ3v) is 8.76. The van der Waals surface area contributed by atoms with Crippen molar-refractivity contribution in [3.05, 3.63) is 83.9 Å². The molecule has 0 aliphatic carbocycles. The SMILES string of the molecule is CSC1=S(Br)C(c2ccccc2)=CC(c2ccccc2)=C1. The molecule has 0 N–H and O–H groups in total. The van der Waals surface area contributed by atoms with Gasteiger partial charge in [-0.3, -0.25) is 0 Å². The molecule has 2 aromatic carbocycles. The van der Waals surface area contributed by atoms with E-state index in [1.165, 1.54) is 25.8 Å². The maximum Gasteiger partial charge on any atom is 0.0460 e. The Labute approximate surface area is 140 Å². The van der Waals surface area contributed by atoms with Crippen molar-refractivity contribution in [3.8, 4) is 0 Å². The number of thioether (sulfide) groups is 1. The van der Waals surface area contributed by atoms with Crippen molar-refractivity contribution >= 4 is 50.2 Å². The summed E-state index contributed by atoms with van der Waals surface area (Å²) in [5.41, 5.74) is 3.83. The molecule has 0 fully saturated rings. The maximum atomic E-state index is 3.88. The highest BCUT2D eigenvalue weighted by molar-refractivity contribution is 9.54. The van der Waals surface area contributed by atoms with E-state index in [2.05, 4.69) is 93.9 Å². The smallest absolute Gasteiger partial charge is 0.0460 e. The highest BCUT2D eigenvalue weighted by Gasteiger charge is 2.15. The number of allylic oxidation sites excluding steroid dienone is 2. The second-order valence-corrected chi connectivity index (χ2v) is 9.06. The van der Waals surface area contributed by atoms with E-state index in [1.807, 2.05) is 11.8 Å². The minimum Gasteiger partial charge on any atom is -0.122 e. The summed E-state index contributed by atoms with van der Waals surface area (Å²) in [4.78, 5) is 1.35. The molecule has 1 aliphatic rings. The van der Waals surface area contributed by atoms with E-state index in [9.17, 15) is 0 Å². The Morgan fingerprint density at radius 1 is 0.810 bits per heavy atom. The first-order valence-corrected chi connectivity index (χ1v) is 10.9. The van der Waals surface area contributed by atoms with E-state index in [1.54, 1.807) is 0 Å². The van der Waals surface area contributed by atoms with Crippen LogP contribution in [0.4, 0.5) is 0 Å². The van der Waals surface area contributed by atoms with Crippen LogP contribution < -0.4 is 0 Å². The van der Waals surface area contributed by atoms with Crippen molar-refractivity contribution in [3.63, 3.8) is 0 Å². The van der Waals surface area contributed by atoms with Crippen LogP contribution >= 0.6 is 35.5 Å². The molecule has 0 radical (unpaired) electrons. The highest BCUT2D eigenvalue weighted by atomic mass is 79.9. The van der Waals surface area contributed by atoms with Crippen LogP contribution in [0.1, 0.15) is 11.1 Å². The van der Waals surface area contributed by atoms with Gasteiger partial charge in [0, 0.05) is 9.10 Å². The first-order valence-electron chi connectivity index (χ1n) is 6.65. The molecule has 106 valence electrons. The zero-order chi connectivity index (χ0) is 14.7. The molecule has 0 bridgehead atoms. The van der Waals surface area contributed by atoms with Crippen molar-refractivity contribution in [2.24, 2.45) is 0 Å². The second-order valence-electron chi connectivity index (χ2n) is 4.62. The molecule has 2 aromatic rings. The summed E-state index contributed by atoms with van der Waals surface area (Å²) in [6.45, 7) is 0. The van der Waals surface area contributed by atoms with E-state index in [4.69, 9.17) is 0 Å². The van der Waals surface area contributed by atoms with Gasteiger partial charge in [-0.1, -0.05) is 69.6 Å². The third kappa shape index (κ3) is 3.25. The van der Waals surface area contributed by atoms with Crippen LogP contribution in [0.2, 0.25) is 0 Å². The van der Waals surface area contributed by atoms with Crippen LogP contribution in [0.5, 0.6) is 0 Å². The Balaban J connectivity index is 2.13. The Kier molecular flexibility index (Phi) is 4.84. The standard InChI is InChI=1S/C18H15BrS2/c1-20-18-13-16(14-8-4-2-5-9-14)12-17(21(18)19)15-10-6-3-7-11-15/h2-13H,1H3. The number of benzene rings is 2. The molecule has 3 heteroatoms. The first-order chi connectivity index (χ1) is 10.3. The first kappa shape index (κ1) is 14.9. The maximum absolute atomic E-state index is 3.88. The monoisotopic (exact) mass is 374 g/mol. The van der Waals surface area contributed by atoms with Crippen LogP contribution in [0.15, 0.2) is 72.8 Å².